The minimum absolute atomic E-state index is 0.271. The zero-order valence-electron chi connectivity index (χ0n) is 14.6. The van der Waals surface area contributed by atoms with Crippen LogP contribution < -0.4 is 15.5 Å². The second kappa shape index (κ2) is 6.82. The first-order chi connectivity index (χ1) is 12.6. The molecule has 0 saturated carbocycles. The van der Waals surface area contributed by atoms with Gasteiger partial charge in [-0.15, -0.1) is 0 Å². The van der Waals surface area contributed by atoms with Gasteiger partial charge in [0.25, 0.3) is 0 Å². The van der Waals surface area contributed by atoms with Crippen LogP contribution in [0.2, 0.25) is 0 Å². The number of fused-ring (bicyclic) bond motifs is 1. The van der Waals surface area contributed by atoms with E-state index in [-0.39, 0.29) is 5.92 Å². The molecule has 2 aliphatic heterocycles. The van der Waals surface area contributed by atoms with Crippen LogP contribution in [0.25, 0.3) is 0 Å². The van der Waals surface area contributed by atoms with Gasteiger partial charge in [-0.05, 0) is 30.4 Å². The number of carbonyl (C=O) groups is 1. The van der Waals surface area contributed by atoms with Crippen LogP contribution in [-0.2, 0) is 17.8 Å². The van der Waals surface area contributed by atoms with Gasteiger partial charge in [0.05, 0.1) is 5.92 Å². The van der Waals surface area contributed by atoms with Gasteiger partial charge >= 0.3 is 5.97 Å². The fourth-order valence-electron chi connectivity index (χ4n) is 3.90. The van der Waals surface area contributed by atoms with E-state index >= 15 is 0 Å². The first kappa shape index (κ1) is 16.6. The van der Waals surface area contributed by atoms with E-state index in [9.17, 15) is 4.79 Å². The number of piperidine rings is 1. The van der Waals surface area contributed by atoms with Crippen molar-refractivity contribution in [3.05, 3.63) is 41.7 Å². The van der Waals surface area contributed by atoms with Crippen LogP contribution in [0.1, 0.15) is 24.0 Å². The molecule has 0 atom stereocenters. The highest BCUT2D eigenvalue weighted by Crippen LogP contribution is 2.33. The second-order valence-corrected chi connectivity index (χ2v) is 6.97. The number of nitrogen functional groups attached to an aromatic ring is 1. The van der Waals surface area contributed by atoms with Gasteiger partial charge in [0.1, 0.15) is 12.0 Å². The first-order valence-corrected chi connectivity index (χ1v) is 9.03. The molecule has 1 saturated heterocycles. The molecule has 2 aliphatic rings. The molecule has 1 fully saturated rings. The number of nitrogens with two attached hydrogens (primary N) is 1. The van der Waals surface area contributed by atoms with E-state index in [0.717, 1.165) is 31.1 Å². The number of nitrogens with zero attached hydrogens (tertiary/aromatic N) is 4. The summed E-state index contributed by atoms with van der Waals surface area (Å²) in [7, 11) is 0. The second-order valence-electron chi connectivity index (χ2n) is 6.97. The summed E-state index contributed by atoms with van der Waals surface area (Å²) < 4.78 is 0. The Morgan fingerprint density at radius 1 is 1.04 bits per heavy atom. The highest BCUT2D eigenvalue weighted by molar-refractivity contribution is 5.76. The van der Waals surface area contributed by atoms with E-state index in [4.69, 9.17) is 10.8 Å². The molecule has 136 valence electrons. The number of carboxylic acids is 1. The fourth-order valence-corrected chi connectivity index (χ4v) is 3.90. The van der Waals surface area contributed by atoms with E-state index in [0.29, 0.717) is 31.6 Å². The normalized spacial score (nSPS) is 17.8. The number of anilines is 3. The number of carboxylic acid groups (broad SMARTS) is 1. The van der Waals surface area contributed by atoms with Gasteiger partial charge in [-0.1, -0.05) is 24.3 Å². The molecule has 26 heavy (non-hydrogen) atoms. The lowest BCUT2D eigenvalue weighted by Crippen LogP contribution is -2.38. The molecule has 0 aliphatic carbocycles. The van der Waals surface area contributed by atoms with Crippen molar-refractivity contribution in [1.82, 2.24) is 9.97 Å². The maximum absolute atomic E-state index is 11.2. The largest absolute Gasteiger partial charge is 0.481 e. The summed E-state index contributed by atoms with van der Waals surface area (Å²) in [5.74, 6) is 0.503. The Balaban J connectivity index is 1.55. The molecule has 0 spiro atoms. The van der Waals surface area contributed by atoms with Crippen LogP contribution in [0.5, 0.6) is 0 Å². The lowest BCUT2D eigenvalue weighted by Gasteiger charge is -2.34. The van der Waals surface area contributed by atoms with Crippen LogP contribution in [-0.4, -0.2) is 40.7 Å². The van der Waals surface area contributed by atoms with Gasteiger partial charge < -0.3 is 20.6 Å². The first-order valence-electron chi connectivity index (χ1n) is 9.03. The van der Waals surface area contributed by atoms with Crippen molar-refractivity contribution in [1.29, 1.82) is 0 Å². The maximum Gasteiger partial charge on any atom is 0.306 e. The lowest BCUT2D eigenvalue weighted by atomic mass is 9.97. The lowest BCUT2D eigenvalue weighted by molar-refractivity contribution is -0.142. The Hall–Kier alpha value is -2.83. The summed E-state index contributed by atoms with van der Waals surface area (Å²) in [5.41, 5.74) is 9.71. The smallest absolute Gasteiger partial charge is 0.306 e. The van der Waals surface area contributed by atoms with Crippen LogP contribution >= 0.6 is 0 Å². The third kappa shape index (κ3) is 3.05. The summed E-state index contributed by atoms with van der Waals surface area (Å²) >= 11 is 0. The quantitative estimate of drug-likeness (QED) is 0.870. The Morgan fingerprint density at radius 3 is 2.38 bits per heavy atom. The predicted molar refractivity (Wildman–Crippen MR) is 100 cm³/mol. The fraction of sp³-hybridized carbons (Fsp3) is 0.421. The molecule has 3 N–H and O–H groups in total. The van der Waals surface area contributed by atoms with Gasteiger partial charge in [-0.2, -0.15) is 0 Å². The van der Waals surface area contributed by atoms with Crippen molar-refractivity contribution in [3.8, 4) is 0 Å². The molecule has 0 radical (unpaired) electrons. The molecule has 7 heteroatoms. The van der Waals surface area contributed by atoms with Gasteiger partial charge in [-0.3, -0.25) is 4.79 Å². The highest BCUT2D eigenvalue weighted by atomic mass is 16.4. The third-order valence-electron chi connectivity index (χ3n) is 5.42. The van der Waals surface area contributed by atoms with Crippen molar-refractivity contribution in [2.75, 3.05) is 35.2 Å². The van der Waals surface area contributed by atoms with Gasteiger partial charge in [0.2, 0.25) is 0 Å². The summed E-state index contributed by atoms with van der Waals surface area (Å²) in [6.07, 6.45) is 3.76. The number of benzene rings is 1. The molecular formula is C19H23N5O2. The van der Waals surface area contributed by atoms with E-state index in [1.54, 1.807) is 6.33 Å². The SMILES string of the molecule is Nc1c(N2CCC(C(=O)O)CC2)ncnc1N1CCc2ccccc2C1. The van der Waals surface area contributed by atoms with E-state index in [2.05, 4.69) is 44.0 Å². The minimum Gasteiger partial charge on any atom is -0.481 e. The zero-order valence-corrected chi connectivity index (χ0v) is 14.6. The number of aromatic nitrogens is 2. The minimum atomic E-state index is -0.715. The molecule has 1 aromatic heterocycles. The van der Waals surface area contributed by atoms with E-state index < -0.39 is 5.97 Å². The van der Waals surface area contributed by atoms with Crippen molar-refractivity contribution >= 4 is 23.3 Å². The number of hydrogen-bond acceptors (Lipinski definition) is 6. The summed E-state index contributed by atoms with van der Waals surface area (Å²) in [4.78, 5) is 24.3. The van der Waals surface area contributed by atoms with E-state index in [1.807, 2.05) is 0 Å². The molecule has 7 nitrogen and oxygen atoms in total. The Bertz CT molecular complexity index is 817. The Morgan fingerprint density at radius 2 is 1.69 bits per heavy atom. The Labute approximate surface area is 152 Å². The standard InChI is InChI=1S/C19H23N5O2/c20-16-17(23-8-6-14(7-9-23)19(25)26)21-12-22-18(16)24-10-5-13-3-1-2-4-15(13)11-24/h1-4,12,14H,5-11,20H2,(H,25,26). The van der Waals surface area contributed by atoms with Gasteiger partial charge in [0, 0.05) is 26.2 Å². The van der Waals surface area contributed by atoms with Crippen LogP contribution in [0.3, 0.4) is 0 Å². The summed E-state index contributed by atoms with van der Waals surface area (Å²) in [6.45, 7) is 2.97. The number of hydrogen-bond donors (Lipinski definition) is 2. The zero-order chi connectivity index (χ0) is 18.1. The summed E-state index contributed by atoms with van der Waals surface area (Å²) in [5, 5.41) is 9.17. The average molecular weight is 353 g/mol. The third-order valence-corrected chi connectivity index (χ3v) is 5.42. The molecule has 1 aromatic carbocycles. The van der Waals surface area contributed by atoms with Gasteiger partial charge in [0.15, 0.2) is 11.6 Å². The number of aliphatic carboxylic acids is 1. The number of rotatable bonds is 3. The molecule has 4 rings (SSSR count). The van der Waals surface area contributed by atoms with Crippen molar-refractivity contribution in [3.63, 3.8) is 0 Å². The Kier molecular flexibility index (Phi) is 4.36. The highest BCUT2D eigenvalue weighted by Gasteiger charge is 2.28. The molecule has 0 unspecified atom stereocenters. The topological polar surface area (TPSA) is 95.6 Å². The maximum atomic E-state index is 11.2. The van der Waals surface area contributed by atoms with Gasteiger partial charge in [-0.25, -0.2) is 9.97 Å². The monoisotopic (exact) mass is 353 g/mol. The summed E-state index contributed by atoms with van der Waals surface area (Å²) in [6, 6.07) is 8.46. The van der Waals surface area contributed by atoms with Crippen LogP contribution in [0, 0.1) is 5.92 Å². The van der Waals surface area contributed by atoms with Crippen molar-refractivity contribution in [2.24, 2.45) is 5.92 Å². The molecule has 2 aromatic rings. The predicted octanol–water partition coefficient (Wildman–Crippen LogP) is 1.92. The molecular weight excluding hydrogens is 330 g/mol. The van der Waals surface area contributed by atoms with Crippen molar-refractivity contribution in [2.45, 2.75) is 25.8 Å². The van der Waals surface area contributed by atoms with Crippen molar-refractivity contribution < 1.29 is 9.90 Å². The molecule has 3 heterocycles. The molecule has 0 amide bonds. The van der Waals surface area contributed by atoms with E-state index in [1.165, 1.54) is 11.1 Å². The average Bonchev–Trinajstić information content (AvgIpc) is 2.68. The van der Waals surface area contributed by atoms with Crippen LogP contribution in [0.15, 0.2) is 30.6 Å². The van der Waals surface area contributed by atoms with Crippen LogP contribution in [0.4, 0.5) is 17.3 Å². The molecule has 0 bridgehead atoms.